The van der Waals surface area contributed by atoms with E-state index in [1.165, 1.54) is 0 Å². The molecule has 0 fully saturated rings. The normalized spacial score (nSPS) is 11.2. The van der Waals surface area contributed by atoms with Gasteiger partial charge in [-0.15, -0.1) is 0 Å². The number of carbonyl (C=O) groups is 1. The van der Waals surface area contributed by atoms with Gasteiger partial charge in [0.25, 0.3) is 0 Å². The number of carbonyl (C=O) groups excluding carboxylic acids is 1. The van der Waals surface area contributed by atoms with E-state index in [9.17, 15) is 4.79 Å². The van der Waals surface area contributed by atoms with Gasteiger partial charge in [-0.1, -0.05) is 30.3 Å². The molecule has 2 aromatic carbocycles. The van der Waals surface area contributed by atoms with Crippen LogP contribution in [-0.4, -0.2) is 28.6 Å². The van der Waals surface area contributed by atoms with E-state index >= 15 is 0 Å². The number of para-hydroxylation sites is 3. The number of nitrogens with zero attached hydrogens (tertiary/aromatic N) is 2. The van der Waals surface area contributed by atoms with Crippen molar-refractivity contribution in [3.8, 4) is 5.75 Å². The van der Waals surface area contributed by atoms with Crippen LogP contribution in [-0.2, 0) is 11.3 Å². The first kappa shape index (κ1) is 18.7. The summed E-state index contributed by atoms with van der Waals surface area (Å²) < 4.78 is 7.75. The highest BCUT2D eigenvalue weighted by Gasteiger charge is 2.06. The van der Waals surface area contributed by atoms with Crippen LogP contribution >= 0.6 is 0 Å². The lowest BCUT2D eigenvalue weighted by Gasteiger charge is -2.08. The number of imidazole rings is 1. The number of amides is 1. The number of aryl methyl sites for hydroxylation is 2. The summed E-state index contributed by atoms with van der Waals surface area (Å²) in [5, 5.41) is 2.93. The Morgan fingerprint density at radius 2 is 1.96 bits per heavy atom. The monoisotopic (exact) mass is 363 g/mol. The number of hydrogen-bond acceptors (Lipinski definition) is 3. The average Bonchev–Trinajstić information content (AvgIpc) is 3.00. The molecule has 5 heteroatoms. The number of rotatable bonds is 8. The lowest BCUT2D eigenvalue weighted by atomic mass is 10.2. The van der Waals surface area contributed by atoms with Crippen LogP contribution in [0, 0.1) is 6.92 Å². The highest BCUT2D eigenvalue weighted by molar-refractivity contribution is 5.92. The number of nitrogens with one attached hydrogen (secondary N) is 1. The summed E-state index contributed by atoms with van der Waals surface area (Å²) in [7, 11) is 0. The van der Waals surface area contributed by atoms with E-state index in [0.29, 0.717) is 13.2 Å². The summed E-state index contributed by atoms with van der Waals surface area (Å²) in [5.74, 6) is 1.68. The van der Waals surface area contributed by atoms with Gasteiger partial charge in [-0.25, -0.2) is 4.98 Å². The smallest absolute Gasteiger partial charge is 0.244 e. The van der Waals surface area contributed by atoms with Crippen molar-refractivity contribution >= 4 is 23.0 Å². The molecule has 3 aromatic rings. The molecule has 1 aromatic heterocycles. The van der Waals surface area contributed by atoms with Crippen molar-refractivity contribution in [1.29, 1.82) is 0 Å². The van der Waals surface area contributed by atoms with Gasteiger partial charge < -0.3 is 14.6 Å². The Kier molecular flexibility index (Phi) is 6.26. The molecular formula is C22H25N3O2. The lowest BCUT2D eigenvalue weighted by Crippen LogP contribution is -2.23. The Bertz CT molecular complexity index is 944. The van der Waals surface area contributed by atoms with Gasteiger partial charge >= 0.3 is 0 Å². The van der Waals surface area contributed by atoms with Gasteiger partial charge in [-0.2, -0.15) is 0 Å². The molecular weight excluding hydrogens is 338 g/mol. The fourth-order valence-corrected chi connectivity index (χ4v) is 3.06. The molecule has 0 aliphatic rings. The second-order valence-electron chi connectivity index (χ2n) is 6.25. The van der Waals surface area contributed by atoms with Crippen molar-refractivity contribution in [3.63, 3.8) is 0 Å². The van der Waals surface area contributed by atoms with Crippen molar-refractivity contribution < 1.29 is 9.53 Å². The van der Waals surface area contributed by atoms with Crippen molar-refractivity contribution in [3.05, 3.63) is 66.0 Å². The Hall–Kier alpha value is -3.08. The zero-order valence-corrected chi connectivity index (χ0v) is 15.8. The van der Waals surface area contributed by atoms with Gasteiger partial charge in [-0.3, -0.25) is 4.79 Å². The molecule has 0 aliphatic carbocycles. The first-order valence-corrected chi connectivity index (χ1v) is 9.28. The van der Waals surface area contributed by atoms with Crippen molar-refractivity contribution in [2.45, 2.75) is 26.8 Å². The highest BCUT2D eigenvalue weighted by Crippen LogP contribution is 2.19. The third-order valence-electron chi connectivity index (χ3n) is 4.34. The topological polar surface area (TPSA) is 56.1 Å². The molecule has 0 bridgehead atoms. The van der Waals surface area contributed by atoms with Gasteiger partial charge in [-0.05, 0) is 44.5 Å². The van der Waals surface area contributed by atoms with Gasteiger partial charge in [0.2, 0.25) is 5.91 Å². The van der Waals surface area contributed by atoms with E-state index in [1.807, 2.05) is 56.3 Å². The van der Waals surface area contributed by atoms with Crippen molar-refractivity contribution in [2.75, 3.05) is 13.2 Å². The summed E-state index contributed by atoms with van der Waals surface area (Å²) in [6, 6.07) is 15.8. The minimum Gasteiger partial charge on any atom is -0.493 e. The molecule has 0 saturated heterocycles. The molecule has 0 radical (unpaired) electrons. The number of fused-ring (bicyclic) bond motifs is 1. The molecule has 0 saturated carbocycles. The lowest BCUT2D eigenvalue weighted by molar-refractivity contribution is -0.116. The Morgan fingerprint density at radius 3 is 2.81 bits per heavy atom. The van der Waals surface area contributed by atoms with Gasteiger partial charge in [0.15, 0.2) is 0 Å². The zero-order chi connectivity index (χ0) is 19.1. The van der Waals surface area contributed by atoms with Crippen molar-refractivity contribution in [2.24, 2.45) is 0 Å². The van der Waals surface area contributed by atoms with Crippen LogP contribution in [0.25, 0.3) is 17.1 Å². The van der Waals surface area contributed by atoms with E-state index in [1.54, 1.807) is 12.2 Å². The Labute approximate surface area is 159 Å². The fourth-order valence-electron chi connectivity index (χ4n) is 3.06. The molecule has 0 spiro atoms. The fraction of sp³-hybridized carbons (Fsp3) is 0.273. The molecule has 1 N–H and O–H groups in total. The summed E-state index contributed by atoms with van der Waals surface area (Å²) >= 11 is 0. The van der Waals surface area contributed by atoms with Crippen LogP contribution in [0.2, 0.25) is 0 Å². The minimum absolute atomic E-state index is 0.103. The van der Waals surface area contributed by atoms with Crippen LogP contribution in [0.5, 0.6) is 5.75 Å². The average molecular weight is 363 g/mol. The van der Waals surface area contributed by atoms with Gasteiger partial charge in [0.1, 0.15) is 11.6 Å². The predicted molar refractivity (Wildman–Crippen MR) is 109 cm³/mol. The van der Waals surface area contributed by atoms with E-state index < -0.39 is 0 Å². The predicted octanol–water partition coefficient (Wildman–Crippen LogP) is 3.96. The standard InChI is InChI=1S/C22H25N3O2/c1-3-27-21-12-7-4-9-18(21)13-14-22(26)23-15-8-16-25-17(2)24-19-10-5-6-11-20(19)25/h4-7,9-14H,3,8,15-16H2,1-2H3,(H,23,26). The second-order valence-corrected chi connectivity index (χ2v) is 6.25. The number of hydrogen-bond donors (Lipinski definition) is 1. The van der Waals surface area contributed by atoms with E-state index in [4.69, 9.17) is 4.74 Å². The molecule has 27 heavy (non-hydrogen) atoms. The number of benzene rings is 2. The first-order chi connectivity index (χ1) is 13.2. The molecule has 5 nitrogen and oxygen atoms in total. The molecule has 3 rings (SSSR count). The SMILES string of the molecule is CCOc1ccccc1C=CC(=O)NCCCn1c(C)nc2ccccc21. The molecule has 0 aliphatic heterocycles. The van der Waals surface area contributed by atoms with E-state index in [2.05, 4.69) is 20.9 Å². The van der Waals surface area contributed by atoms with Crippen LogP contribution < -0.4 is 10.1 Å². The largest absolute Gasteiger partial charge is 0.493 e. The van der Waals surface area contributed by atoms with Crippen LogP contribution in [0.15, 0.2) is 54.6 Å². The van der Waals surface area contributed by atoms with E-state index in [0.717, 1.165) is 41.1 Å². The summed E-state index contributed by atoms with van der Waals surface area (Å²) in [6.45, 7) is 5.99. The molecule has 1 amide bonds. The minimum atomic E-state index is -0.103. The first-order valence-electron chi connectivity index (χ1n) is 9.28. The Balaban J connectivity index is 1.50. The molecule has 0 atom stereocenters. The van der Waals surface area contributed by atoms with Gasteiger partial charge in [0, 0.05) is 24.7 Å². The quantitative estimate of drug-likeness (QED) is 0.487. The molecule has 1 heterocycles. The number of aromatic nitrogens is 2. The maximum absolute atomic E-state index is 12.1. The Morgan fingerprint density at radius 1 is 1.19 bits per heavy atom. The highest BCUT2D eigenvalue weighted by atomic mass is 16.5. The summed E-state index contributed by atoms with van der Waals surface area (Å²) in [5.41, 5.74) is 3.04. The maximum atomic E-state index is 12.1. The van der Waals surface area contributed by atoms with Crippen LogP contribution in [0.4, 0.5) is 0 Å². The van der Waals surface area contributed by atoms with Gasteiger partial charge in [0.05, 0.1) is 17.6 Å². The molecule has 140 valence electrons. The van der Waals surface area contributed by atoms with Crippen LogP contribution in [0.3, 0.4) is 0 Å². The molecule has 0 unspecified atom stereocenters. The van der Waals surface area contributed by atoms with Crippen molar-refractivity contribution in [1.82, 2.24) is 14.9 Å². The second kappa shape index (κ2) is 9.03. The van der Waals surface area contributed by atoms with E-state index in [-0.39, 0.29) is 5.91 Å². The third kappa shape index (κ3) is 4.76. The summed E-state index contributed by atoms with van der Waals surface area (Å²) in [6.07, 6.45) is 4.18. The third-order valence-corrected chi connectivity index (χ3v) is 4.34. The zero-order valence-electron chi connectivity index (χ0n) is 15.8. The number of ether oxygens (including phenoxy) is 1. The summed E-state index contributed by atoms with van der Waals surface area (Å²) in [4.78, 5) is 16.6. The van der Waals surface area contributed by atoms with Crippen LogP contribution in [0.1, 0.15) is 24.7 Å². The maximum Gasteiger partial charge on any atom is 0.244 e.